The highest BCUT2D eigenvalue weighted by molar-refractivity contribution is 9.10. The molecule has 0 N–H and O–H groups in total. The van der Waals surface area contributed by atoms with Crippen molar-refractivity contribution in [2.75, 3.05) is 13.6 Å². The normalized spacial score (nSPS) is 26.7. The highest BCUT2D eigenvalue weighted by Gasteiger charge is 2.42. The van der Waals surface area contributed by atoms with Crippen LogP contribution < -0.4 is 0 Å². The van der Waals surface area contributed by atoms with E-state index in [9.17, 15) is 13.2 Å². The average molecular weight is 429 g/mol. The summed E-state index contributed by atoms with van der Waals surface area (Å²) < 4.78 is 27.4. The minimum Gasteiger partial charge on any atom is -0.336 e. The number of rotatable bonds is 4. The van der Waals surface area contributed by atoms with E-state index in [1.165, 1.54) is 24.2 Å². The molecule has 138 valence electrons. The fourth-order valence-corrected chi connectivity index (χ4v) is 5.67. The minimum atomic E-state index is -3.66. The first-order chi connectivity index (χ1) is 11.8. The lowest BCUT2D eigenvalue weighted by molar-refractivity contribution is -0.134. The van der Waals surface area contributed by atoms with Crippen molar-refractivity contribution in [2.45, 2.75) is 56.0 Å². The maximum absolute atomic E-state index is 12.9. The lowest BCUT2D eigenvalue weighted by Gasteiger charge is -2.34. The predicted molar refractivity (Wildman–Crippen MR) is 101 cm³/mol. The van der Waals surface area contributed by atoms with E-state index in [0.29, 0.717) is 12.0 Å². The summed E-state index contributed by atoms with van der Waals surface area (Å²) in [6, 6.07) is 6.98. The molecule has 2 fully saturated rings. The minimum absolute atomic E-state index is 0.0786. The summed E-state index contributed by atoms with van der Waals surface area (Å²) in [6.45, 7) is 1.98. The Labute approximate surface area is 158 Å². The smallest absolute Gasteiger partial charge is 0.243 e. The van der Waals surface area contributed by atoms with Crippen molar-refractivity contribution >= 4 is 31.9 Å². The SMILES string of the molecule is CC1CC2CCCCC2N1C(=O)CN(C)S(=O)(=O)c1ccc(Br)cc1. The molecule has 0 aromatic heterocycles. The van der Waals surface area contributed by atoms with Gasteiger partial charge in [-0.25, -0.2) is 8.42 Å². The number of fused-ring (bicyclic) bond motifs is 1. The summed E-state index contributed by atoms with van der Waals surface area (Å²) >= 11 is 3.30. The van der Waals surface area contributed by atoms with Crippen LogP contribution in [0.25, 0.3) is 0 Å². The van der Waals surface area contributed by atoms with Crippen LogP contribution in [-0.4, -0.2) is 49.2 Å². The second-order valence-corrected chi connectivity index (χ2v) is 10.2. The predicted octanol–water partition coefficient (Wildman–Crippen LogP) is 3.25. The maximum Gasteiger partial charge on any atom is 0.243 e. The third-order valence-corrected chi connectivity index (χ3v) is 7.86. The fraction of sp³-hybridized carbons (Fsp3) is 0.611. The maximum atomic E-state index is 12.9. The Kier molecular flexibility index (Phi) is 5.56. The summed E-state index contributed by atoms with van der Waals surface area (Å²) in [4.78, 5) is 15.0. The van der Waals surface area contributed by atoms with Crippen LogP contribution in [0, 0.1) is 5.92 Å². The van der Waals surface area contributed by atoms with E-state index in [0.717, 1.165) is 23.7 Å². The van der Waals surface area contributed by atoms with Crippen LogP contribution in [0.1, 0.15) is 39.0 Å². The Morgan fingerprint density at radius 3 is 2.56 bits per heavy atom. The molecule has 3 unspecified atom stereocenters. The first-order valence-corrected chi connectivity index (χ1v) is 11.1. The Hall–Kier alpha value is -0.920. The van der Waals surface area contributed by atoms with Gasteiger partial charge in [0, 0.05) is 23.6 Å². The summed E-state index contributed by atoms with van der Waals surface area (Å²) in [7, 11) is -2.18. The zero-order valence-electron chi connectivity index (χ0n) is 14.7. The molecule has 1 aromatic carbocycles. The molecule has 3 atom stereocenters. The summed E-state index contributed by atoms with van der Waals surface area (Å²) in [6.07, 6.45) is 5.67. The van der Waals surface area contributed by atoms with Crippen molar-refractivity contribution in [1.29, 1.82) is 0 Å². The van der Waals surface area contributed by atoms with Gasteiger partial charge in [0.25, 0.3) is 0 Å². The number of amides is 1. The van der Waals surface area contributed by atoms with Gasteiger partial charge >= 0.3 is 0 Å². The number of halogens is 1. The van der Waals surface area contributed by atoms with E-state index < -0.39 is 10.0 Å². The molecule has 25 heavy (non-hydrogen) atoms. The Balaban J connectivity index is 1.72. The third kappa shape index (κ3) is 3.78. The molecule has 0 bridgehead atoms. The second kappa shape index (κ2) is 7.37. The van der Waals surface area contributed by atoms with Crippen LogP contribution >= 0.6 is 15.9 Å². The van der Waals surface area contributed by atoms with Gasteiger partial charge in [0.15, 0.2) is 0 Å². The van der Waals surface area contributed by atoms with Gasteiger partial charge in [0.05, 0.1) is 11.4 Å². The molecule has 0 radical (unpaired) electrons. The van der Waals surface area contributed by atoms with Gasteiger partial charge < -0.3 is 4.90 Å². The van der Waals surface area contributed by atoms with Crippen LogP contribution in [0.4, 0.5) is 0 Å². The highest BCUT2D eigenvalue weighted by atomic mass is 79.9. The largest absolute Gasteiger partial charge is 0.336 e. The zero-order valence-corrected chi connectivity index (χ0v) is 17.1. The number of sulfonamides is 1. The van der Waals surface area contributed by atoms with Crippen molar-refractivity contribution in [3.63, 3.8) is 0 Å². The summed E-state index contributed by atoms with van der Waals surface area (Å²) in [5.41, 5.74) is 0. The number of hydrogen-bond donors (Lipinski definition) is 0. The van der Waals surface area contributed by atoms with Gasteiger partial charge in [-0.1, -0.05) is 28.8 Å². The van der Waals surface area contributed by atoms with Crippen molar-refractivity contribution in [2.24, 2.45) is 5.92 Å². The highest BCUT2D eigenvalue weighted by Crippen LogP contribution is 2.39. The molecule has 1 amide bonds. The van der Waals surface area contributed by atoms with Crippen LogP contribution in [0.5, 0.6) is 0 Å². The van der Waals surface area contributed by atoms with Crippen LogP contribution in [0.15, 0.2) is 33.6 Å². The number of carbonyl (C=O) groups is 1. The van der Waals surface area contributed by atoms with Crippen molar-refractivity contribution < 1.29 is 13.2 Å². The van der Waals surface area contributed by atoms with E-state index in [-0.39, 0.29) is 23.4 Å². The number of benzene rings is 1. The first-order valence-electron chi connectivity index (χ1n) is 8.84. The molecule has 1 aromatic rings. The van der Waals surface area contributed by atoms with E-state index >= 15 is 0 Å². The molecule has 2 aliphatic rings. The molecule has 0 spiro atoms. The fourth-order valence-electron chi connectivity index (χ4n) is 4.28. The van der Waals surface area contributed by atoms with Crippen molar-refractivity contribution in [3.8, 4) is 0 Å². The molecule has 1 saturated carbocycles. The van der Waals surface area contributed by atoms with Gasteiger partial charge in [-0.05, 0) is 56.4 Å². The van der Waals surface area contributed by atoms with Crippen LogP contribution in [0.2, 0.25) is 0 Å². The van der Waals surface area contributed by atoms with E-state index in [1.54, 1.807) is 24.3 Å². The van der Waals surface area contributed by atoms with Crippen LogP contribution in [0.3, 0.4) is 0 Å². The standard InChI is InChI=1S/C18H25BrN2O3S/c1-13-11-14-5-3-4-6-17(14)21(13)18(22)12-20(2)25(23,24)16-9-7-15(19)8-10-16/h7-10,13-14,17H,3-6,11-12H2,1-2H3. The third-order valence-electron chi connectivity index (χ3n) is 5.51. The summed E-state index contributed by atoms with van der Waals surface area (Å²) in [5.74, 6) is 0.506. The van der Waals surface area contributed by atoms with E-state index in [1.807, 2.05) is 4.90 Å². The van der Waals surface area contributed by atoms with Crippen molar-refractivity contribution in [3.05, 3.63) is 28.7 Å². The number of carbonyl (C=O) groups excluding carboxylic acids is 1. The lowest BCUT2D eigenvalue weighted by atomic mass is 9.85. The number of hydrogen-bond acceptors (Lipinski definition) is 3. The molecule has 1 aliphatic carbocycles. The Morgan fingerprint density at radius 1 is 1.24 bits per heavy atom. The molecule has 1 saturated heterocycles. The number of likely N-dealkylation sites (tertiary alicyclic amines) is 1. The van der Waals surface area contributed by atoms with E-state index in [4.69, 9.17) is 0 Å². The van der Waals surface area contributed by atoms with Gasteiger partial charge in [-0.15, -0.1) is 0 Å². The summed E-state index contributed by atoms with van der Waals surface area (Å²) in [5, 5.41) is 0. The van der Waals surface area contributed by atoms with Gasteiger partial charge in [-0.2, -0.15) is 4.31 Å². The van der Waals surface area contributed by atoms with Crippen LogP contribution in [-0.2, 0) is 14.8 Å². The quantitative estimate of drug-likeness (QED) is 0.739. The van der Waals surface area contributed by atoms with Gasteiger partial charge in [0.1, 0.15) is 0 Å². The molecule has 3 rings (SSSR count). The van der Waals surface area contributed by atoms with E-state index in [2.05, 4.69) is 22.9 Å². The molecule has 1 heterocycles. The molecule has 5 nitrogen and oxygen atoms in total. The van der Waals surface area contributed by atoms with Crippen molar-refractivity contribution in [1.82, 2.24) is 9.21 Å². The van der Waals surface area contributed by atoms with Gasteiger partial charge in [-0.3, -0.25) is 4.79 Å². The monoisotopic (exact) mass is 428 g/mol. The average Bonchev–Trinajstić information content (AvgIpc) is 2.90. The number of nitrogens with zero attached hydrogens (tertiary/aromatic N) is 2. The topological polar surface area (TPSA) is 57.7 Å². The first kappa shape index (κ1) is 18.9. The molecular weight excluding hydrogens is 404 g/mol. The Bertz CT molecular complexity index is 735. The molecular formula is C18H25BrN2O3S. The van der Waals surface area contributed by atoms with Gasteiger partial charge in [0.2, 0.25) is 15.9 Å². The zero-order chi connectivity index (χ0) is 18.2. The second-order valence-electron chi connectivity index (χ2n) is 7.21. The molecule has 1 aliphatic heterocycles. The Morgan fingerprint density at radius 2 is 1.88 bits per heavy atom. The lowest BCUT2D eigenvalue weighted by Crippen LogP contribution is -2.47. The molecule has 7 heteroatoms. The number of likely N-dealkylation sites (N-methyl/N-ethyl adjacent to an activating group) is 1.